The summed E-state index contributed by atoms with van der Waals surface area (Å²) in [5.74, 6) is 0.0803. The van der Waals surface area contributed by atoms with Crippen LogP contribution in [0.1, 0.15) is 50.0 Å². The summed E-state index contributed by atoms with van der Waals surface area (Å²) >= 11 is 0. The van der Waals surface area contributed by atoms with E-state index in [2.05, 4.69) is 10.2 Å². The van der Waals surface area contributed by atoms with Crippen LogP contribution in [-0.4, -0.2) is 48.8 Å². The van der Waals surface area contributed by atoms with E-state index in [0.29, 0.717) is 11.5 Å². The zero-order valence-corrected chi connectivity index (χ0v) is 16.4. The first-order valence-electron chi connectivity index (χ1n) is 9.07. The van der Waals surface area contributed by atoms with E-state index in [1.807, 2.05) is 39.8 Å². The van der Waals surface area contributed by atoms with Gasteiger partial charge >= 0.3 is 12.1 Å². The van der Waals surface area contributed by atoms with E-state index in [9.17, 15) is 9.59 Å². The normalized spacial score (nSPS) is 19.0. The minimum Gasteiger partial charge on any atom is -0.465 e. The zero-order chi connectivity index (χ0) is 19.3. The van der Waals surface area contributed by atoms with E-state index in [4.69, 9.17) is 9.47 Å². The maximum Gasteiger partial charge on any atom is 0.407 e. The van der Waals surface area contributed by atoms with Gasteiger partial charge in [-0.25, -0.2) is 9.59 Å². The predicted octanol–water partition coefficient (Wildman–Crippen LogP) is 3.21. The third kappa shape index (κ3) is 6.02. The van der Waals surface area contributed by atoms with Gasteiger partial charge in [0.15, 0.2) is 0 Å². The van der Waals surface area contributed by atoms with Gasteiger partial charge in [-0.15, -0.1) is 0 Å². The zero-order valence-electron chi connectivity index (χ0n) is 16.4. The third-order valence-corrected chi connectivity index (χ3v) is 4.54. The Morgan fingerprint density at radius 2 is 1.92 bits per heavy atom. The van der Waals surface area contributed by atoms with Crippen LogP contribution in [-0.2, 0) is 16.0 Å². The molecule has 1 aliphatic heterocycles. The number of rotatable bonds is 5. The first kappa shape index (κ1) is 20.2. The fraction of sp³-hybridized carbons (Fsp3) is 0.600. The van der Waals surface area contributed by atoms with Gasteiger partial charge in [0.25, 0.3) is 0 Å². The van der Waals surface area contributed by atoms with Crippen LogP contribution >= 0.6 is 0 Å². The summed E-state index contributed by atoms with van der Waals surface area (Å²) in [5.41, 5.74) is 1.23. The molecular weight excluding hydrogens is 332 g/mol. The number of alkyl carbamates (subject to hydrolysis) is 1. The van der Waals surface area contributed by atoms with Crippen LogP contribution in [0.4, 0.5) is 4.79 Å². The third-order valence-electron chi connectivity index (χ3n) is 4.54. The van der Waals surface area contributed by atoms with Crippen LogP contribution in [0.2, 0.25) is 0 Å². The van der Waals surface area contributed by atoms with Crippen LogP contribution in [0.15, 0.2) is 24.3 Å². The molecule has 2 atom stereocenters. The van der Waals surface area contributed by atoms with Crippen molar-refractivity contribution in [1.82, 2.24) is 10.2 Å². The molecule has 1 heterocycles. The molecule has 1 aromatic rings. The van der Waals surface area contributed by atoms with Gasteiger partial charge in [-0.05, 0) is 64.3 Å². The SMILES string of the molecule is COC(=O)c1ccc(CN2CC[C@@H]([C@H](C)NC(=O)OC(C)(C)C)C2)cc1. The van der Waals surface area contributed by atoms with Crippen molar-refractivity contribution in [2.75, 3.05) is 20.2 Å². The number of carbonyl (C=O) groups excluding carboxylic acids is 2. The van der Waals surface area contributed by atoms with Crippen molar-refractivity contribution in [3.8, 4) is 0 Å². The minimum absolute atomic E-state index is 0.0663. The molecule has 6 nitrogen and oxygen atoms in total. The Balaban J connectivity index is 1.82. The maximum absolute atomic E-state index is 11.9. The Bertz CT molecular complexity index is 622. The average molecular weight is 362 g/mol. The highest BCUT2D eigenvalue weighted by Crippen LogP contribution is 2.22. The Hall–Kier alpha value is -2.08. The number of likely N-dealkylation sites (tertiary alicyclic amines) is 1. The summed E-state index contributed by atoms with van der Waals surface area (Å²) in [6, 6.07) is 7.57. The number of benzene rings is 1. The number of hydrogen-bond acceptors (Lipinski definition) is 5. The molecular formula is C20H30N2O4. The molecule has 2 rings (SSSR count). The van der Waals surface area contributed by atoms with E-state index in [1.54, 1.807) is 12.1 Å². The minimum atomic E-state index is -0.484. The van der Waals surface area contributed by atoms with Gasteiger partial charge < -0.3 is 14.8 Å². The summed E-state index contributed by atoms with van der Waals surface area (Å²) < 4.78 is 10.0. The Labute approximate surface area is 155 Å². The Kier molecular flexibility index (Phi) is 6.64. The summed E-state index contributed by atoms with van der Waals surface area (Å²) in [7, 11) is 1.38. The maximum atomic E-state index is 11.9. The van der Waals surface area contributed by atoms with Crippen LogP contribution in [0.3, 0.4) is 0 Å². The molecule has 0 radical (unpaired) electrons. The molecule has 1 saturated heterocycles. The number of hydrogen-bond donors (Lipinski definition) is 1. The topological polar surface area (TPSA) is 67.9 Å². The number of nitrogens with zero attached hydrogens (tertiary/aromatic N) is 1. The van der Waals surface area contributed by atoms with Crippen molar-refractivity contribution < 1.29 is 19.1 Å². The molecule has 0 aromatic heterocycles. The van der Waals surface area contributed by atoms with Gasteiger partial charge in [0.1, 0.15) is 5.60 Å². The van der Waals surface area contributed by atoms with Gasteiger partial charge in [0.2, 0.25) is 0 Å². The fourth-order valence-corrected chi connectivity index (χ4v) is 3.15. The van der Waals surface area contributed by atoms with E-state index >= 15 is 0 Å². The Morgan fingerprint density at radius 1 is 1.27 bits per heavy atom. The second-order valence-corrected chi connectivity index (χ2v) is 7.91. The molecule has 0 unspecified atom stereocenters. The highest BCUT2D eigenvalue weighted by Gasteiger charge is 2.29. The quantitative estimate of drug-likeness (QED) is 0.815. The lowest BCUT2D eigenvalue weighted by atomic mass is 10.0. The molecule has 1 aromatic carbocycles. The lowest BCUT2D eigenvalue weighted by molar-refractivity contribution is 0.0491. The van der Waals surface area contributed by atoms with E-state index in [0.717, 1.165) is 31.6 Å². The van der Waals surface area contributed by atoms with Gasteiger partial charge in [-0.3, -0.25) is 4.90 Å². The molecule has 0 saturated carbocycles. The highest BCUT2D eigenvalue weighted by atomic mass is 16.6. The summed E-state index contributed by atoms with van der Waals surface area (Å²) in [5, 5.41) is 2.95. The van der Waals surface area contributed by atoms with Crippen molar-refractivity contribution >= 4 is 12.1 Å². The van der Waals surface area contributed by atoms with Gasteiger partial charge in [-0.2, -0.15) is 0 Å². The van der Waals surface area contributed by atoms with Crippen molar-refractivity contribution in [3.05, 3.63) is 35.4 Å². The summed E-state index contributed by atoms with van der Waals surface area (Å²) in [6.07, 6.45) is 0.679. The highest BCUT2D eigenvalue weighted by molar-refractivity contribution is 5.89. The number of methoxy groups -OCH3 is 1. The molecule has 6 heteroatoms. The fourth-order valence-electron chi connectivity index (χ4n) is 3.15. The average Bonchev–Trinajstić information content (AvgIpc) is 3.01. The number of esters is 1. The summed E-state index contributed by atoms with van der Waals surface area (Å²) in [6.45, 7) is 10.4. The van der Waals surface area contributed by atoms with Crippen molar-refractivity contribution in [3.63, 3.8) is 0 Å². The smallest absolute Gasteiger partial charge is 0.407 e. The molecule has 26 heavy (non-hydrogen) atoms. The first-order valence-corrected chi connectivity index (χ1v) is 9.07. The first-order chi connectivity index (χ1) is 12.2. The molecule has 1 aliphatic rings. The van der Waals surface area contributed by atoms with E-state index in [-0.39, 0.29) is 18.1 Å². The van der Waals surface area contributed by atoms with Crippen molar-refractivity contribution in [2.45, 2.75) is 52.3 Å². The van der Waals surface area contributed by atoms with Gasteiger partial charge in [0, 0.05) is 19.1 Å². The molecule has 1 fully saturated rings. The molecule has 0 aliphatic carbocycles. The second kappa shape index (κ2) is 8.54. The summed E-state index contributed by atoms with van der Waals surface area (Å²) in [4.78, 5) is 25.8. The number of ether oxygens (including phenoxy) is 2. The molecule has 0 bridgehead atoms. The van der Waals surface area contributed by atoms with Crippen LogP contribution in [0.25, 0.3) is 0 Å². The Morgan fingerprint density at radius 3 is 2.50 bits per heavy atom. The molecule has 1 N–H and O–H groups in total. The lowest BCUT2D eigenvalue weighted by Gasteiger charge is -2.25. The predicted molar refractivity (Wildman–Crippen MR) is 100.0 cm³/mol. The van der Waals surface area contributed by atoms with E-state index < -0.39 is 5.60 Å². The number of amides is 1. The largest absolute Gasteiger partial charge is 0.465 e. The number of carbonyl (C=O) groups is 2. The second-order valence-electron chi connectivity index (χ2n) is 7.91. The molecule has 0 spiro atoms. The molecule has 144 valence electrons. The standard InChI is InChI=1S/C20H30N2O4/c1-14(21-19(24)26-20(2,3)4)17-10-11-22(13-17)12-15-6-8-16(9-7-15)18(23)25-5/h6-9,14,17H,10-13H2,1-5H3,(H,21,24)/t14-,17+/m0/s1. The lowest BCUT2D eigenvalue weighted by Crippen LogP contribution is -2.42. The molecule has 1 amide bonds. The monoisotopic (exact) mass is 362 g/mol. The van der Waals surface area contributed by atoms with Crippen molar-refractivity contribution in [1.29, 1.82) is 0 Å². The van der Waals surface area contributed by atoms with Gasteiger partial charge in [-0.1, -0.05) is 12.1 Å². The van der Waals surface area contributed by atoms with Gasteiger partial charge in [0.05, 0.1) is 12.7 Å². The van der Waals surface area contributed by atoms with Crippen molar-refractivity contribution in [2.24, 2.45) is 5.92 Å². The van der Waals surface area contributed by atoms with Crippen LogP contribution in [0, 0.1) is 5.92 Å². The number of nitrogens with one attached hydrogen (secondary N) is 1. The van der Waals surface area contributed by atoms with E-state index in [1.165, 1.54) is 7.11 Å². The van der Waals surface area contributed by atoms with Crippen LogP contribution in [0.5, 0.6) is 0 Å². The van der Waals surface area contributed by atoms with Crippen LogP contribution < -0.4 is 5.32 Å².